The fourth-order valence-electron chi connectivity index (χ4n) is 6.89. The number of carbonyl (C=O) groups is 4. The number of methoxy groups -OCH3 is 1. The summed E-state index contributed by atoms with van der Waals surface area (Å²) in [4.78, 5) is 57.7. The lowest BCUT2D eigenvalue weighted by molar-refractivity contribution is -0.154. The molecule has 46 heavy (non-hydrogen) atoms. The summed E-state index contributed by atoms with van der Waals surface area (Å²) >= 11 is 0. The van der Waals surface area contributed by atoms with Crippen molar-refractivity contribution in [3.05, 3.63) is 0 Å². The van der Waals surface area contributed by atoms with E-state index in [1.54, 1.807) is 46.4 Å². The summed E-state index contributed by atoms with van der Waals surface area (Å²) in [6, 6.07) is -2.37. The van der Waals surface area contributed by atoms with Crippen LogP contribution in [0.3, 0.4) is 0 Å². The molecule has 3 heterocycles. The van der Waals surface area contributed by atoms with E-state index in [0.29, 0.717) is 38.5 Å². The predicted molar refractivity (Wildman–Crippen MR) is 174 cm³/mol. The molecule has 13 heteroatoms. The van der Waals surface area contributed by atoms with Gasteiger partial charge in [0.2, 0.25) is 5.91 Å². The molecule has 0 radical (unpaired) electrons. The summed E-state index contributed by atoms with van der Waals surface area (Å²) in [6.45, 7) is 22.9. The molecule has 0 saturated carbocycles. The van der Waals surface area contributed by atoms with Crippen molar-refractivity contribution < 1.29 is 42.7 Å². The number of ether oxygens (including phenoxy) is 3. The van der Waals surface area contributed by atoms with Gasteiger partial charge in [-0.3, -0.25) is 9.69 Å². The highest BCUT2D eigenvalue weighted by Gasteiger charge is 2.63. The first-order valence-electron chi connectivity index (χ1n) is 16.7. The lowest BCUT2D eigenvalue weighted by Gasteiger charge is -2.48. The minimum Gasteiger partial charge on any atom is -0.467 e. The normalized spacial score (nSPS) is 26.4. The maximum atomic E-state index is 14.4. The average molecular weight is 652 g/mol. The van der Waals surface area contributed by atoms with Crippen LogP contribution in [0.4, 0.5) is 9.59 Å². The van der Waals surface area contributed by atoms with Crippen LogP contribution in [0.5, 0.6) is 0 Å². The summed E-state index contributed by atoms with van der Waals surface area (Å²) in [5.41, 5.74) is -3.32. The SMILES string of the molecule is COC(=O)C1N(C(=O)OC(C)(C)C)CC2N(C(=O)[C@@H](NC(=O)OC(C)(C)C)C(C)C)CCCC21CCCB1OC(C)(C)C(C)(C)O1. The Labute approximate surface area is 276 Å². The first kappa shape index (κ1) is 37.9. The molecule has 3 fully saturated rings. The molecule has 262 valence electrons. The first-order valence-corrected chi connectivity index (χ1v) is 16.7. The summed E-state index contributed by atoms with van der Waals surface area (Å²) in [6.07, 6.45) is 1.58. The van der Waals surface area contributed by atoms with Gasteiger partial charge in [-0.2, -0.15) is 0 Å². The summed E-state index contributed by atoms with van der Waals surface area (Å²) in [5.74, 6) is -1.08. The Morgan fingerprint density at radius 1 is 0.935 bits per heavy atom. The van der Waals surface area contributed by atoms with E-state index in [1.165, 1.54) is 12.0 Å². The van der Waals surface area contributed by atoms with Crippen LogP contribution in [0.15, 0.2) is 0 Å². The minimum absolute atomic E-state index is 0.0914. The van der Waals surface area contributed by atoms with Gasteiger partial charge in [-0.05, 0) is 101 Å². The van der Waals surface area contributed by atoms with E-state index < -0.39 is 71.2 Å². The van der Waals surface area contributed by atoms with E-state index in [4.69, 9.17) is 23.5 Å². The molecular weight excluding hydrogens is 593 g/mol. The lowest BCUT2D eigenvalue weighted by atomic mass is 9.65. The fraction of sp³-hybridized carbons (Fsp3) is 0.879. The molecule has 4 atom stereocenters. The van der Waals surface area contributed by atoms with Gasteiger partial charge in [-0.1, -0.05) is 20.3 Å². The van der Waals surface area contributed by atoms with Crippen LogP contribution < -0.4 is 5.32 Å². The van der Waals surface area contributed by atoms with Gasteiger partial charge in [-0.25, -0.2) is 14.4 Å². The van der Waals surface area contributed by atoms with Gasteiger partial charge in [0.25, 0.3) is 0 Å². The van der Waals surface area contributed by atoms with Gasteiger partial charge >= 0.3 is 25.3 Å². The summed E-state index contributed by atoms with van der Waals surface area (Å²) in [5, 5.41) is 2.79. The van der Waals surface area contributed by atoms with Gasteiger partial charge in [0, 0.05) is 18.5 Å². The molecule has 0 aliphatic carbocycles. The highest BCUT2D eigenvalue weighted by molar-refractivity contribution is 6.45. The van der Waals surface area contributed by atoms with Crippen molar-refractivity contribution in [2.24, 2.45) is 11.3 Å². The van der Waals surface area contributed by atoms with E-state index in [-0.39, 0.29) is 18.4 Å². The highest BCUT2D eigenvalue weighted by Crippen LogP contribution is 2.51. The molecule has 0 aromatic heterocycles. The monoisotopic (exact) mass is 651 g/mol. The van der Waals surface area contributed by atoms with E-state index in [0.717, 1.165) is 0 Å². The molecule has 3 amide bonds. The minimum atomic E-state index is -0.970. The second-order valence-corrected chi connectivity index (χ2v) is 16.4. The molecule has 0 bridgehead atoms. The number of rotatable bonds is 8. The zero-order valence-corrected chi connectivity index (χ0v) is 30.4. The Kier molecular flexibility index (Phi) is 11.2. The number of likely N-dealkylation sites (tertiary alicyclic amines) is 2. The van der Waals surface area contributed by atoms with E-state index in [1.807, 2.05) is 41.5 Å². The van der Waals surface area contributed by atoms with Crippen molar-refractivity contribution >= 4 is 31.2 Å². The molecule has 1 N–H and O–H groups in total. The number of esters is 1. The van der Waals surface area contributed by atoms with Crippen molar-refractivity contribution in [1.82, 2.24) is 15.1 Å². The predicted octanol–water partition coefficient (Wildman–Crippen LogP) is 5.18. The molecule has 3 rings (SSSR count). The average Bonchev–Trinajstić information content (AvgIpc) is 3.33. The van der Waals surface area contributed by atoms with Crippen LogP contribution in [0.25, 0.3) is 0 Å². The fourth-order valence-corrected chi connectivity index (χ4v) is 6.89. The van der Waals surface area contributed by atoms with Crippen molar-refractivity contribution in [1.29, 1.82) is 0 Å². The molecular formula is C33H58BN3O9. The third-order valence-corrected chi connectivity index (χ3v) is 9.63. The molecule has 3 aliphatic heterocycles. The number of carbonyl (C=O) groups excluding carboxylic acids is 4. The van der Waals surface area contributed by atoms with Crippen LogP contribution in [-0.4, -0.2) is 102 Å². The quantitative estimate of drug-likeness (QED) is 0.214. The zero-order valence-electron chi connectivity index (χ0n) is 30.4. The number of hydrogen-bond acceptors (Lipinski definition) is 9. The number of amides is 3. The molecule has 3 saturated heterocycles. The van der Waals surface area contributed by atoms with E-state index >= 15 is 0 Å². The van der Waals surface area contributed by atoms with Gasteiger partial charge < -0.3 is 33.7 Å². The third-order valence-electron chi connectivity index (χ3n) is 9.63. The maximum absolute atomic E-state index is 14.4. The van der Waals surface area contributed by atoms with Gasteiger partial charge in [0.05, 0.1) is 24.4 Å². The Hall–Kier alpha value is -2.54. The zero-order chi connectivity index (χ0) is 35.0. The number of nitrogens with one attached hydrogen (secondary N) is 1. The molecule has 3 aliphatic rings. The molecule has 0 aromatic carbocycles. The van der Waals surface area contributed by atoms with Crippen LogP contribution in [-0.2, 0) is 33.1 Å². The van der Waals surface area contributed by atoms with Crippen molar-refractivity contribution in [3.8, 4) is 0 Å². The largest absolute Gasteiger partial charge is 0.467 e. The molecule has 0 aromatic rings. The maximum Gasteiger partial charge on any atom is 0.457 e. The Morgan fingerprint density at radius 3 is 2.00 bits per heavy atom. The van der Waals surface area contributed by atoms with Crippen LogP contribution in [0, 0.1) is 11.3 Å². The molecule has 0 spiro atoms. The topological polar surface area (TPSA) is 133 Å². The number of nitrogens with zero attached hydrogens (tertiary/aromatic N) is 2. The van der Waals surface area contributed by atoms with Gasteiger partial charge in [0.1, 0.15) is 23.3 Å². The number of piperidine rings is 1. The highest BCUT2D eigenvalue weighted by atomic mass is 16.7. The number of alkyl carbamates (subject to hydrolysis) is 1. The van der Waals surface area contributed by atoms with Gasteiger partial charge in [-0.15, -0.1) is 0 Å². The van der Waals surface area contributed by atoms with Crippen molar-refractivity contribution in [2.45, 2.75) is 156 Å². The third kappa shape index (κ3) is 8.30. The van der Waals surface area contributed by atoms with Crippen LogP contribution in [0.1, 0.15) is 109 Å². The second-order valence-electron chi connectivity index (χ2n) is 16.4. The standard InChI is InChI=1S/C33H58BN3O9/c1-21(2)23(35-27(40)43-29(3,4)5)25(38)36-19-15-17-33(16-14-18-34-45-31(9,10)32(11,12)46-34)22(36)20-37(24(33)26(39)42-13)28(41)44-30(6,7)8/h21-24H,14-20H2,1-13H3,(H,35,40)/t22?,23-,24?,33?/m0/s1. The lowest BCUT2D eigenvalue weighted by Crippen LogP contribution is -2.61. The summed E-state index contributed by atoms with van der Waals surface area (Å²) in [7, 11) is 0.885. The molecule has 12 nitrogen and oxygen atoms in total. The second kappa shape index (κ2) is 13.5. The van der Waals surface area contributed by atoms with Crippen molar-refractivity contribution in [3.63, 3.8) is 0 Å². The Balaban J connectivity index is 1.99. The first-order chi connectivity index (χ1) is 20.9. The van der Waals surface area contributed by atoms with Crippen molar-refractivity contribution in [2.75, 3.05) is 20.2 Å². The van der Waals surface area contributed by atoms with Crippen LogP contribution >= 0.6 is 0 Å². The van der Waals surface area contributed by atoms with Crippen LogP contribution in [0.2, 0.25) is 6.32 Å². The van der Waals surface area contributed by atoms with E-state index in [9.17, 15) is 19.2 Å². The summed E-state index contributed by atoms with van der Waals surface area (Å²) < 4.78 is 29.1. The van der Waals surface area contributed by atoms with E-state index in [2.05, 4.69) is 5.32 Å². The Morgan fingerprint density at radius 2 is 1.50 bits per heavy atom. The number of fused-ring (bicyclic) bond motifs is 1. The van der Waals surface area contributed by atoms with Gasteiger partial charge in [0.15, 0.2) is 0 Å². The Bertz CT molecular complexity index is 1130. The smallest absolute Gasteiger partial charge is 0.457 e. The molecule has 3 unspecified atom stereocenters. The number of hydrogen-bond donors (Lipinski definition) is 1.